The Balaban J connectivity index is 1.26. The van der Waals surface area contributed by atoms with Crippen molar-refractivity contribution in [1.29, 1.82) is 0 Å². The summed E-state index contributed by atoms with van der Waals surface area (Å²) in [6.45, 7) is 4.57. The number of anilines is 1. The number of H-pyrrole nitrogens is 1. The van der Waals surface area contributed by atoms with E-state index in [2.05, 4.69) is 19.9 Å². The SMILES string of the molecule is Cc1c(CN2CCC(C3Nc4ccccc4S(=O)(=O)N3)CC2)[nH]c2ccc(F)cc12. The van der Waals surface area contributed by atoms with E-state index in [9.17, 15) is 12.8 Å². The Kier molecular flexibility index (Phi) is 4.80. The van der Waals surface area contributed by atoms with Crippen LogP contribution in [-0.4, -0.2) is 37.6 Å². The molecule has 0 radical (unpaired) electrons. The number of para-hydroxylation sites is 1. The normalized spacial score (nSPS) is 22.0. The van der Waals surface area contributed by atoms with Crippen molar-refractivity contribution in [3.05, 3.63) is 59.5 Å². The summed E-state index contributed by atoms with van der Waals surface area (Å²) in [7, 11) is -3.49. The molecule has 3 aromatic rings. The smallest absolute Gasteiger partial charge is 0.244 e. The van der Waals surface area contributed by atoms with Crippen LogP contribution in [0.2, 0.25) is 0 Å². The highest BCUT2D eigenvalue weighted by Gasteiger charge is 2.35. The van der Waals surface area contributed by atoms with E-state index in [-0.39, 0.29) is 17.9 Å². The molecule has 3 heterocycles. The number of halogens is 1. The molecule has 1 fully saturated rings. The van der Waals surface area contributed by atoms with E-state index in [0.29, 0.717) is 10.6 Å². The number of nitrogens with zero attached hydrogens (tertiary/aromatic N) is 1. The van der Waals surface area contributed by atoms with Crippen molar-refractivity contribution in [2.45, 2.75) is 37.4 Å². The molecule has 1 atom stereocenters. The molecule has 5 rings (SSSR count). The van der Waals surface area contributed by atoms with Crippen LogP contribution < -0.4 is 10.0 Å². The maximum atomic E-state index is 13.6. The number of benzene rings is 2. The highest BCUT2D eigenvalue weighted by atomic mass is 32.2. The van der Waals surface area contributed by atoms with Gasteiger partial charge in [0.25, 0.3) is 0 Å². The van der Waals surface area contributed by atoms with E-state index in [4.69, 9.17) is 0 Å². The van der Waals surface area contributed by atoms with Gasteiger partial charge in [0.1, 0.15) is 10.7 Å². The maximum Gasteiger partial charge on any atom is 0.244 e. The quantitative estimate of drug-likeness (QED) is 0.596. The van der Waals surface area contributed by atoms with Gasteiger partial charge in [-0.2, -0.15) is 4.72 Å². The van der Waals surface area contributed by atoms with Gasteiger partial charge in [-0.3, -0.25) is 4.90 Å². The van der Waals surface area contributed by atoms with E-state index >= 15 is 0 Å². The summed E-state index contributed by atoms with van der Waals surface area (Å²) in [5.41, 5.74) is 3.83. The summed E-state index contributed by atoms with van der Waals surface area (Å²) in [6.07, 6.45) is 1.51. The van der Waals surface area contributed by atoms with Crippen LogP contribution in [0, 0.1) is 18.7 Å². The van der Waals surface area contributed by atoms with E-state index in [1.807, 2.05) is 19.1 Å². The molecule has 1 unspecified atom stereocenters. The second-order valence-corrected chi connectivity index (χ2v) is 9.95. The Labute approximate surface area is 175 Å². The van der Waals surface area contributed by atoms with Crippen molar-refractivity contribution in [2.24, 2.45) is 5.92 Å². The van der Waals surface area contributed by atoms with E-state index in [1.54, 1.807) is 24.3 Å². The molecule has 8 heteroatoms. The van der Waals surface area contributed by atoms with Gasteiger partial charge in [-0.1, -0.05) is 12.1 Å². The van der Waals surface area contributed by atoms with E-state index in [0.717, 1.165) is 54.6 Å². The molecule has 30 heavy (non-hydrogen) atoms. The molecule has 1 saturated heterocycles. The molecule has 0 aliphatic carbocycles. The van der Waals surface area contributed by atoms with Gasteiger partial charge in [0.15, 0.2) is 0 Å². The predicted octanol–water partition coefficient (Wildman–Crippen LogP) is 3.56. The third kappa shape index (κ3) is 3.49. The molecule has 1 aromatic heterocycles. The van der Waals surface area contributed by atoms with E-state index < -0.39 is 10.0 Å². The number of aromatic nitrogens is 1. The molecule has 0 amide bonds. The topological polar surface area (TPSA) is 77.2 Å². The summed E-state index contributed by atoms with van der Waals surface area (Å²) >= 11 is 0. The summed E-state index contributed by atoms with van der Waals surface area (Å²) in [6, 6.07) is 11.9. The number of rotatable bonds is 3. The second-order valence-electron chi connectivity index (χ2n) is 8.27. The minimum absolute atomic E-state index is 0.221. The van der Waals surface area contributed by atoms with Crippen LogP contribution >= 0.6 is 0 Å². The Morgan fingerprint density at radius 3 is 2.70 bits per heavy atom. The fourth-order valence-corrected chi connectivity index (χ4v) is 6.03. The molecule has 158 valence electrons. The third-order valence-corrected chi connectivity index (χ3v) is 7.88. The fraction of sp³-hybridized carbons (Fsp3) is 0.364. The molecule has 0 bridgehead atoms. The second kappa shape index (κ2) is 7.37. The lowest BCUT2D eigenvalue weighted by Gasteiger charge is -2.38. The first-order valence-electron chi connectivity index (χ1n) is 10.3. The zero-order valence-electron chi connectivity index (χ0n) is 16.8. The number of aryl methyl sites for hydroxylation is 1. The van der Waals surface area contributed by atoms with Crippen molar-refractivity contribution < 1.29 is 12.8 Å². The molecule has 2 aliphatic heterocycles. The Morgan fingerprint density at radius 2 is 1.90 bits per heavy atom. The van der Waals surface area contributed by atoms with E-state index in [1.165, 1.54) is 6.07 Å². The lowest BCUT2D eigenvalue weighted by molar-refractivity contribution is 0.162. The van der Waals surface area contributed by atoms with Crippen LogP contribution in [0.5, 0.6) is 0 Å². The van der Waals surface area contributed by atoms with Crippen LogP contribution in [0.3, 0.4) is 0 Å². The lowest BCUT2D eigenvalue weighted by atomic mass is 9.93. The Bertz CT molecular complexity index is 1200. The Morgan fingerprint density at radius 1 is 1.13 bits per heavy atom. The molecule has 2 aromatic carbocycles. The van der Waals surface area contributed by atoms with Crippen LogP contribution in [-0.2, 0) is 16.6 Å². The average Bonchev–Trinajstić information content (AvgIpc) is 3.03. The zero-order valence-corrected chi connectivity index (χ0v) is 17.6. The van der Waals surface area contributed by atoms with Gasteiger partial charge in [-0.05, 0) is 74.7 Å². The van der Waals surface area contributed by atoms with Crippen molar-refractivity contribution in [1.82, 2.24) is 14.6 Å². The number of fused-ring (bicyclic) bond motifs is 2. The van der Waals surface area contributed by atoms with Crippen LogP contribution in [0.25, 0.3) is 10.9 Å². The van der Waals surface area contributed by atoms with Crippen molar-refractivity contribution in [3.8, 4) is 0 Å². The van der Waals surface area contributed by atoms with Gasteiger partial charge in [0.05, 0.1) is 11.9 Å². The number of piperidine rings is 1. The number of sulfonamides is 1. The van der Waals surface area contributed by atoms with Crippen molar-refractivity contribution in [2.75, 3.05) is 18.4 Å². The summed E-state index contributed by atoms with van der Waals surface area (Å²) in [4.78, 5) is 6.10. The summed E-state index contributed by atoms with van der Waals surface area (Å²) in [5.74, 6) is 0.00302. The first-order chi connectivity index (χ1) is 14.4. The standard InChI is InChI=1S/C22H25FN4O2S/c1-14-17-12-16(23)6-7-18(17)24-20(14)13-27-10-8-15(9-11-27)22-25-19-4-2-3-5-21(19)30(28,29)26-22/h2-7,12,15,22,24-26H,8-11,13H2,1H3. The van der Waals surface area contributed by atoms with Gasteiger partial charge < -0.3 is 10.3 Å². The largest absolute Gasteiger partial charge is 0.368 e. The van der Waals surface area contributed by atoms with Crippen LogP contribution in [0.1, 0.15) is 24.1 Å². The average molecular weight is 429 g/mol. The van der Waals surface area contributed by atoms with Crippen molar-refractivity contribution in [3.63, 3.8) is 0 Å². The monoisotopic (exact) mass is 428 g/mol. The van der Waals surface area contributed by atoms with Gasteiger partial charge in [-0.25, -0.2) is 12.8 Å². The number of nitrogens with one attached hydrogen (secondary N) is 3. The van der Waals surface area contributed by atoms with Gasteiger partial charge in [0.2, 0.25) is 10.0 Å². The summed E-state index contributed by atoms with van der Waals surface area (Å²) < 4.78 is 41.6. The molecular weight excluding hydrogens is 403 g/mol. The number of aromatic amines is 1. The molecular formula is C22H25FN4O2S. The fourth-order valence-electron chi connectivity index (χ4n) is 4.64. The molecule has 0 spiro atoms. The highest BCUT2D eigenvalue weighted by molar-refractivity contribution is 7.89. The molecule has 3 N–H and O–H groups in total. The maximum absolute atomic E-state index is 13.6. The molecule has 2 aliphatic rings. The third-order valence-electron chi connectivity index (χ3n) is 6.38. The van der Waals surface area contributed by atoms with Gasteiger partial charge >= 0.3 is 0 Å². The number of likely N-dealkylation sites (tertiary alicyclic amines) is 1. The summed E-state index contributed by atoms with van der Waals surface area (Å²) in [5, 5.41) is 4.30. The minimum Gasteiger partial charge on any atom is -0.368 e. The van der Waals surface area contributed by atoms with Gasteiger partial charge in [0, 0.05) is 23.1 Å². The number of hydrogen-bond acceptors (Lipinski definition) is 4. The highest BCUT2D eigenvalue weighted by Crippen LogP contribution is 2.31. The first-order valence-corrected chi connectivity index (χ1v) is 11.8. The predicted molar refractivity (Wildman–Crippen MR) is 115 cm³/mol. The number of hydrogen-bond donors (Lipinski definition) is 3. The Hall–Kier alpha value is -2.42. The van der Waals surface area contributed by atoms with Crippen molar-refractivity contribution >= 4 is 26.6 Å². The molecule has 0 saturated carbocycles. The minimum atomic E-state index is -3.49. The van der Waals surface area contributed by atoms with Crippen LogP contribution in [0.15, 0.2) is 47.4 Å². The zero-order chi connectivity index (χ0) is 20.9. The van der Waals surface area contributed by atoms with Crippen LogP contribution in [0.4, 0.5) is 10.1 Å². The first kappa shape index (κ1) is 19.5. The van der Waals surface area contributed by atoms with Gasteiger partial charge in [-0.15, -0.1) is 0 Å². The molecule has 6 nitrogen and oxygen atoms in total. The lowest BCUT2D eigenvalue weighted by Crippen LogP contribution is -2.51.